The fraction of sp³-hybridized carbons (Fsp3) is 0.419. The van der Waals surface area contributed by atoms with Crippen molar-refractivity contribution in [3.05, 3.63) is 94.6 Å². The van der Waals surface area contributed by atoms with Gasteiger partial charge in [-0.05, 0) is 100 Å². The Labute approximate surface area is 332 Å². The normalized spacial score (nSPS) is 18.4. The third kappa shape index (κ3) is 8.45. The van der Waals surface area contributed by atoms with Crippen LogP contribution in [-0.2, 0) is 19.3 Å². The van der Waals surface area contributed by atoms with Crippen LogP contribution < -0.4 is 23.8 Å². The monoisotopic (exact) mass is 809 g/mol. The van der Waals surface area contributed by atoms with E-state index in [1.807, 2.05) is 29.2 Å². The van der Waals surface area contributed by atoms with E-state index in [9.17, 15) is 4.39 Å². The van der Waals surface area contributed by atoms with Crippen LogP contribution >= 0.6 is 0 Å². The highest BCUT2D eigenvalue weighted by molar-refractivity contribution is 5.89. The molecule has 0 radical (unpaired) electrons. The Morgan fingerprint density at radius 1 is 0.879 bits per heavy atom. The van der Waals surface area contributed by atoms with Crippen molar-refractivity contribution in [1.82, 2.24) is 19.9 Å². The second-order valence-electron chi connectivity index (χ2n) is 15.9. The average molecular weight is 810 g/mol. The van der Waals surface area contributed by atoms with Gasteiger partial charge in [-0.3, -0.25) is 4.90 Å². The van der Waals surface area contributed by atoms with Gasteiger partial charge in [0.15, 0.2) is 5.82 Å². The Morgan fingerprint density at radius 2 is 1.50 bits per heavy atom. The lowest BCUT2D eigenvalue weighted by Crippen LogP contribution is -2.43. The molecule has 2 fully saturated rings. The quantitative estimate of drug-likeness (QED) is 0.115. The highest BCUT2D eigenvalue weighted by Gasteiger charge is 2.49. The predicted molar refractivity (Wildman–Crippen MR) is 207 cm³/mol. The van der Waals surface area contributed by atoms with E-state index in [0.29, 0.717) is 24.5 Å². The molecular weight excluding hydrogens is 764 g/mol. The molecule has 0 aliphatic carbocycles. The number of aryl methyl sites for hydroxylation is 1. The molecule has 2 saturated heterocycles. The molecule has 0 saturated carbocycles. The van der Waals surface area contributed by atoms with Crippen molar-refractivity contribution in [1.29, 1.82) is 0 Å². The molecular formula is C43H45F6N5O4. The van der Waals surface area contributed by atoms with Crippen molar-refractivity contribution >= 4 is 16.7 Å². The number of pyridine rings is 1. The van der Waals surface area contributed by atoms with Crippen LogP contribution in [0.1, 0.15) is 62.3 Å². The zero-order valence-electron chi connectivity index (χ0n) is 33.1. The highest BCUT2D eigenvalue weighted by atomic mass is 19.4. The molecule has 0 spiro atoms. The lowest BCUT2D eigenvalue weighted by Gasteiger charge is -2.31. The first-order valence-corrected chi connectivity index (χ1v) is 19.0. The van der Waals surface area contributed by atoms with E-state index in [-0.39, 0.29) is 61.3 Å². The maximum atomic E-state index is 17.1. The van der Waals surface area contributed by atoms with Gasteiger partial charge in [0.1, 0.15) is 47.0 Å². The topological polar surface area (TPSA) is 82.1 Å². The number of hydrogen-bond acceptors (Lipinski definition) is 9. The fourth-order valence-electron chi connectivity index (χ4n) is 7.92. The third-order valence-corrected chi connectivity index (χ3v) is 10.6. The molecule has 3 aromatic carbocycles. The number of rotatable bonds is 12. The van der Waals surface area contributed by atoms with Gasteiger partial charge in [0.2, 0.25) is 5.88 Å². The van der Waals surface area contributed by atoms with Gasteiger partial charge in [-0.2, -0.15) is 23.1 Å². The number of aromatic nitrogens is 3. The minimum absolute atomic E-state index is 0.0111. The van der Waals surface area contributed by atoms with Crippen LogP contribution in [0.15, 0.2) is 60.7 Å². The van der Waals surface area contributed by atoms with Crippen LogP contribution in [0.5, 0.6) is 23.4 Å². The van der Waals surface area contributed by atoms with Crippen LogP contribution in [-0.4, -0.2) is 71.1 Å². The smallest absolute Gasteiger partial charge is 0.418 e. The summed E-state index contributed by atoms with van der Waals surface area (Å²) in [6, 6.07) is 16.0. The number of halogens is 6. The number of alkyl halides is 4. The summed E-state index contributed by atoms with van der Waals surface area (Å²) < 4.78 is 116. The van der Waals surface area contributed by atoms with Crippen molar-refractivity contribution < 1.29 is 45.3 Å². The van der Waals surface area contributed by atoms with Crippen molar-refractivity contribution in [3.8, 4) is 34.6 Å². The second-order valence-corrected chi connectivity index (χ2v) is 15.9. The van der Waals surface area contributed by atoms with Gasteiger partial charge in [0, 0.05) is 26.1 Å². The van der Waals surface area contributed by atoms with E-state index in [1.165, 1.54) is 27.2 Å². The predicted octanol–water partition coefficient (Wildman–Crippen LogP) is 9.65. The van der Waals surface area contributed by atoms with Crippen molar-refractivity contribution in [2.45, 2.75) is 83.5 Å². The van der Waals surface area contributed by atoms with Gasteiger partial charge in [0.25, 0.3) is 0 Å². The van der Waals surface area contributed by atoms with Gasteiger partial charge in [-0.25, -0.2) is 18.2 Å². The summed E-state index contributed by atoms with van der Waals surface area (Å²) in [5, 5.41) is -0.214. The first kappa shape index (κ1) is 40.9. The van der Waals surface area contributed by atoms with Crippen molar-refractivity contribution in [3.63, 3.8) is 0 Å². The van der Waals surface area contributed by atoms with Gasteiger partial charge in [-0.15, -0.1) is 0 Å². The summed E-state index contributed by atoms with van der Waals surface area (Å²) in [4.78, 5) is 16.8. The van der Waals surface area contributed by atoms with E-state index in [2.05, 4.69) is 15.0 Å². The van der Waals surface area contributed by atoms with E-state index in [0.717, 1.165) is 23.6 Å². The molecule has 5 aromatic rings. The number of hydrogen-bond donors (Lipinski definition) is 0. The van der Waals surface area contributed by atoms with Crippen molar-refractivity contribution in [2.75, 3.05) is 38.8 Å². The first-order valence-electron chi connectivity index (χ1n) is 19.0. The molecule has 15 heteroatoms. The van der Waals surface area contributed by atoms with E-state index < -0.39 is 57.5 Å². The number of ether oxygens (including phenoxy) is 4. The van der Waals surface area contributed by atoms with E-state index >= 15 is 22.0 Å². The van der Waals surface area contributed by atoms with Crippen LogP contribution in [0.4, 0.5) is 32.2 Å². The highest BCUT2D eigenvalue weighted by Crippen LogP contribution is 2.45. The number of methoxy groups -OCH3 is 2. The minimum Gasteiger partial charge on any atom is -0.497 e. The molecule has 308 valence electrons. The summed E-state index contributed by atoms with van der Waals surface area (Å²) in [5.74, 6) is -1.70. The first-order chi connectivity index (χ1) is 27.5. The average Bonchev–Trinajstić information content (AvgIpc) is 3.69. The van der Waals surface area contributed by atoms with Gasteiger partial charge >= 0.3 is 12.2 Å². The summed E-state index contributed by atoms with van der Waals surface area (Å²) in [6.07, 6.45) is -4.34. The van der Waals surface area contributed by atoms with Crippen LogP contribution in [0, 0.1) is 18.6 Å². The number of nitrogens with zero attached hydrogens (tertiary/aromatic N) is 5. The number of anilines is 1. The Hall–Kier alpha value is -5.31. The molecule has 2 aliphatic heterocycles. The maximum Gasteiger partial charge on any atom is 0.418 e. The minimum atomic E-state index is -5.06. The van der Waals surface area contributed by atoms with E-state index in [4.69, 9.17) is 18.9 Å². The molecule has 4 heterocycles. The van der Waals surface area contributed by atoms with Gasteiger partial charge in [0.05, 0.1) is 42.0 Å². The molecule has 0 unspecified atom stereocenters. The largest absolute Gasteiger partial charge is 0.497 e. The molecule has 2 aliphatic rings. The number of fused-ring (bicyclic) bond motifs is 2. The molecule has 0 amide bonds. The summed E-state index contributed by atoms with van der Waals surface area (Å²) in [7, 11) is 3.07. The van der Waals surface area contributed by atoms with Crippen LogP contribution in [0.3, 0.4) is 0 Å². The molecule has 7 rings (SSSR count). The summed E-state index contributed by atoms with van der Waals surface area (Å²) in [5.41, 5.74) is -4.08. The van der Waals surface area contributed by atoms with Crippen LogP contribution in [0.2, 0.25) is 0 Å². The molecule has 0 N–H and O–H groups in total. The Bertz CT molecular complexity index is 2230. The molecule has 2 aromatic heterocycles. The number of benzene rings is 3. The zero-order chi connectivity index (χ0) is 41.6. The Kier molecular flexibility index (Phi) is 11.1. The van der Waals surface area contributed by atoms with Crippen LogP contribution in [0.25, 0.3) is 22.2 Å². The fourth-order valence-corrected chi connectivity index (χ4v) is 7.92. The molecule has 9 nitrogen and oxygen atoms in total. The molecule has 58 heavy (non-hydrogen) atoms. The second kappa shape index (κ2) is 15.8. The summed E-state index contributed by atoms with van der Waals surface area (Å²) >= 11 is 0. The molecule has 2 atom stereocenters. The van der Waals surface area contributed by atoms with Gasteiger partial charge < -0.3 is 23.8 Å². The maximum absolute atomic E-state index is 17.1. The van der Waals surface area contributed by atoms with Gasteiger partial charge in [-0.1, -0.05) is 24.3 Å². The lowest BCUT2D eigenvalue weighted by atomic mass is 9.95. The zero-order valence-corrected chi connectivity index (χ0v) is 33.1. The Morgan fingerprint density at radius 3 is 2.07 bits per heavy atom. The summed E-state index contributed by atoms with van der Waals surface area (Å²) in [6.45, 7) is 7.62. The third-order valence-electron chi connectivity index (χ3n) is 10.6. The Balaban J connectivity index is 1.37. The lowest BCUT2D eigenvalue weighted by molar-refractivity contribution is -0.137. The molecule has 0 bridgehead atoms. The standard InChI is InChI=1S/C43H45F6N5O4/c1-25-18-33(53(21-26-8-12-29(55-5)13-9-26)22-27-10-14-30(56-6)15-11-27)50-38(35(25)43(47,48)49)34-32(45)19-31-37(36(34)46)51-40(52-39(31)58-41(2,3)4)57-24-42-16-7-17-54(42)23-28(44)20-42/h8-15,18-19,28H,7,16-17,20-24H2,1-6H3/t28-,42+/m1/s1. The SMILES string of the molecule is COc1ccc(CN(Cc2ccc(OC)cc2)c2cc(C)c(C(F)(F)F)c(-c3c(F)cc4c(OC(C)(C)C)nc(OC[C@@]56CCCN5C[C@H](F)C6)nc4c3F)n2)cc1. The van der Waals surface area contributed by atoms with Crippen molar-refractivity contribution in [2.24, 2.45) is 0 Å². The van der Waals surface area contributed by atoms with E-state index in [1.54, 1.807) is 49.9 Å².